The molecule has 1 saturated carbocycles. The average molecular weight is 268 g/mol. The van der Waals surface area contributed by atoms with E-state index in [-0.39, 0.29) is 5.97 Å². The summed E-state index contributed by atoms with van der Waals surface area (Å²) in [6, 6.07) is 5.71. The molecule has 0 spiro atoms. The number of hydrogen-bond acceptors (Lipinski definition) is 3. The first-order valence-electron chi connectivity index (χ1n) is 6.26. The Bertz CT molecular complexity index is 447. The van der Waals surface area contributed by atoms with Crippen LogP contribution >= 0.6 is 11.6 Å². The summed E-state index contributed by atoms with van der Waals surface area (Å²) in [5.74, 6) is 0.275. The largest absolute Gasteiger partial charge is 0.465 e. The van der Waals surface area contributed by atoms with E-state index in [1.807, 2.05) is 6.07 Å². The highest BCUT2D eigenvalue weighted by Gasteiger charge is 2.24. The van der Waals surface area contributed by atoms with Gasteiger partial charge in [0.05, 0.1) is 12.7 Å². The van der Waals surface area contributed by atoms with E-state index in [1.165, 1.54) is 20.0 Å². The van der Waals surface area contributed by atoms with Crippen molar-refractivity contribution in [3.05, 3.63) is 28.8 Å². The summed E-state index contributed by atoms with van der Waals surface area (Å²) in [7, 11) is 1.38. The van der Waals surface area contributed by atoms with E-state index in [2.05, 4.69) is 12.2 Å². The Morgan fingerprint density at radius 3 is 2.83 bits per heavy atom. The molecule has 0 aromatic heterocycles. The van der Waals surface area contributed by atoms with Crippen molar-refractivity contribution in [1.29, 1.82) is 0 Å². The number of hydrogen-bond donors (Lipinski definition) is 1. The predicted molar refractivity (Wildman–Crippen MR) is 73.2 cm³/mol. The van der Waals surface area contributed by atoms with Gasteiger partial charge >= 0.3 is 5.97 Å². The van der Waals surface area contributed by atoms with E-state index in [4.69, 9.17) is 16.3 Å². The zero-order valence-electron chi connectivity index (χ0n) is 10.7. The molecule has 1 fully saturated rings. The minimum atomic E-state index is -0.356. The van der Waals surface area contributed by atoms with Gasteiger partial charge in [-0.1, -0.05) is 24.9 Å². The molecule has 4 heteroatoms. The molecule has 2 unspecified atom stereocenters. The van der Waals surface area contributed by atoms with Crippen LogP contribution in [0, 0.1) is 5.92 Å². The molecule has 1 aliphatic rings. The molecule has 0 bridgehead atoms. The van der Waals surface area contributed by atoms with Gasteiger partial charge in [-0.25, -0.2) is 4.79 Å². The highest BCUT2D eigenvalue weighted by atomic mass is 35.5. The number of benzene rings is 1. The zero-order chi connectivity index (χ0) is 13.1. The molecular weight excluding hydrogens is 250 g/mol. The van der Waals surface area contributed by atoms with E-state index in [1.54, 1.807) is 12.1 Å². The lowest BCUT2D eigenvalue weighted by atomic mass is 10.1. The maximum atomic E-state index is 11.7. The van der Waals surface area contributed by atoms with Crippen LogP contribution in [0.25, 0.3) is 0 Å². The Morgan fingerprint density at radius 1 is 1.44 bits per heavy atom. The first-order chi connectivity index (χ1) is 8.61. The molecule has 0 radical (unpaired) electrons. The van der Waals surface area contributed by atoms with Gasteiger partial charge in [0, 0.05) is 16.8 Å². The summed E-state index contributed by atoms with van der Waals surface area (Å²) >= 11 is 5.93. The molecule has 0 saturated heterocycles. The summed E-state index contributed by atoms with van der Waals surface area (Å²) in [6.07, 6.45) is 3.61. The minimum absolute atomic E-state index is 0.356. The number of ether oxygens (including phenoxy) is 1. The highest BCUT2D eigenvalue weighted by molar-refractivity contribution is 6.31. The fourth-order valence-corrected chi connectivity index (χ4v) is 2.65. The molecule has 18 heavy (non-hydrogen) atoms. The Kier molecular flexibility index (Phi) is 4.12. The van der Waals surface area contributed by atoms with Crippen molar-refractivity contribution in [1.82, 2.24) is 0 Å². The van der Waals surface area contributed by atoms with Crippen molar-refractivity contribution in [2.24, 2.45) is 5.92 Å². The van der Waals surface area contributed by atoms with Crippen LogP contribution in [-0.4, -0.2) is 19.1 Å². The molecule has 2 rings (SSSR count). The Morgan fingerprint density at radius 2 is 2.22 bits per heavy atom. The Balaban J connectivity index is 2.23. The van der Waals surface area contributed by atoms with E-state index < -0.39 is 0 Å². The summed E-state index contributed by atoms with van der Waals surface area (Å²) in [5, 5.41) is 3.98. The van der Waals surface area contributed by atoms with Crippen LogP contribution in [0.4, 0.5) is 5.69 Å². The Labute approximate surface area is 112 Å². The van der Waals surface area contributed by atoms with Crippen LogP contribution in [0.2, 0.25) is 5.02 Å². The lowest BCUT2D eigenvalue weighted by Gasteiger charge is -2.20. The van der Waals surface area contributed by atoms with Crippen LogP contribution in [0.1, 0.15) is 36.5 Å². The summed E-state index contributed by atoms with van der Waals surface area (Å²) in [4.78, 5) is 11.7. The van der Waals surface area contributed by atoms with Crippen LogP contribution in [0.5, 0.6) is 0 Å². The lowest BCUT2D eigenvalue weighted by molar-refractivity contribution is 0.0601. The van der Waals surface area contributed by atoms with E-state index >= 15 is 0 Å². The maximum Gasteiger partial charge on any atom is 0.340 e. The molecule has 0 aliphatic heterocycles. The lowest BCUT2D eigenvalue weighted by Crippen LogP contribution is -2.23. The fraction of sp³-hybridized carbons (Fsp3) is 0.500. The fourth-order valence-electron chi connectivity index (χ4n) is 2.48. The smallest absolute Gasteiger partial charge is 0.340 e. The molecule has 0 heterocycles. The SMILES string of the molecule is COC(=O)c1cc(Cl)ccc1NC1CCCC1C. The van der Waals surface area contributed by atoms with Crippen molar-refractivity contribution >= 4 is 23.3 Å². The first-order valence-corrected chi connectivity index (χ1v) is 6.64. The molecule has 98 valence electrons. The van der Waals surface area contributed by atoms with E-state index in [9.17, 15) is 4.79 Å². The third kappa shape index (κ3) is 2.78. The number of carbonyl (C=O) groups excluding carboxylic acids is 1. The highest BCUT2D eigenvalue weighted by Crippen LogP contribution is 2.30. The molecule has 1 N–H and O–H groups in total. The van der Waals surface area contributed by atoms with Crippen molar-refractivity contribution < 1.29 is 9.53 Å². The second-order valence-electron chi connectivity index (χ2n) is 4.84. The normalized spacial score (nSPS) is 22.8. The van der Waals surface area contributed by atoms with Crippen LogP contribution in [-0.2, 0) is 4.74 Å². The van der Waals surface area contributed by atoms with Gasteiger partial charge in [-0.3, -0.25) is 0 Å². The van der Waals surface area contributed by atoms with Gasteiger partial charge in [0.15, 0.2) is 0 Å². The zero-order valence-corrected chi connectivity index (χ0v) is 11.5. The molecule has 1 aliphatic carbocycles. The standard InChI is InChI=1S/C14H18ClNO2/c1-9-4-3-5-12(9)16-13-7-6-10(15)8-11(13)14(17)18-2/h6-9,12,16H,3-5H2,1-2H3. The second-order valence-corrected chi connectivity index (χ2v) is 5.28. The van der Waals surface area contributed by atoms with Crippen LogP contribution < -0.4 is 5.32 Å². The van der Waals surface area contributed by atoms with Crippen LogP contribution in [0.15, 0.2) is 18.2 Å². The third-order valence-corrected chi connectivity index (χ3v) is 3.82. The average Bonchev–Trinajstić information content (AvgIpc) is 2.76. The second kappa shape index (κ2) is 5.61. The summed E-state index contributed by atoms with van der Waals surface area (Å²) in [5.41, 5.74) is 1.31. The molecule has 0 amide bonds. The molecular formula is C14H18ClNO2. The van der Waals surface area contributed by atoms with Gasteiger partial charge in [-0.2, -0.15) is 0 Å². The number of anilines is 1. The Hall–Kier alpha value is -1.22. The van der Waals surface area contributed by atoms with E-state index in [0.717, 1.165) is 12.1 Å². The van der Waals surface area contributed by atoms with E-state index in [0.29, 0.717) is 22.5 Å². The molecule has 2 atom stereocenters. The van der Waals surface area contributed by atoms with Crippen molar-refractivity contribution in [2.75, 3.05) is 12.4 Å². The number of nitrogens with one attached hydrogen (secondary N) is 1. The molecule has 3 nitrogen and oxygen atoms in total. The minimum Gasteiger partial charge on any atom is -0.465 e. The van der Waals surface area contributed by atoms with Gasteiger partial charge < -0.3 is 10.1 Å². The maximum absolute atomic E-state index is 11.7. The quantitative estimate of drug-likeness (QED) is 0.848. The summed E-state index contributed by atoms with van der Waals surface area (Å²) < 4.78 is 4.79. The van der Waals surface area contributed by atoms with Crippen molar-refractivity contribution in [3.63, 3.8) is 0 Å². The van der Waals surface area contributed by atoms with Gasteiger partial charge in [-0.15, -0.1) is 0 Å². The monoisotopic (exact) mass is 267 g/mol. The van der Waals surface area contributed by atoms with Crippen LogP contribution in [0.3, 0.4) is 0 Å². The number of esters is 1. The number of halogens is 1. The number of carbonyl (C=O) groups is 1. The van der Waals surface area contributed by atoms with Gasteiger partial charge in [0.2, 0.25) is 0 Å². The van der Waals surface area contributed by atoms with Crippen molar-refractivity contribution in [3.8, 4) is 0 Å². The molecule has 1 aromatic carbocycles. The number of rotatable bonds is 3. The number of methoxy groups -OCH3 is 1. The van der Waals surface area contributed by atoms with Gasteiger partial charge in [0.25, 0.3) is 0 Å². The third-order valence-electron chi connectivity index (χ3n) is 3.59. The topological polar surface area (TPSA) is 38.3 Å². The molecule has 1 aromatic rings. The summed E-state index contributed by atoms with van der Waals surface area (Å²) in [6.45, 7) is 2.23. The first kappa shape index (κ1) is 13.2. The van der Waals surface area contributed by atoms with Gasteiger partial charge in [0.1, 0.15) is 0 Å². The van der Waals surface area contributed by atoms with Gasteiger partial charge in [-0.05, 0) is 37.0 Å². The van der Waals surface area contributed by atoms with Crippen molar-refractivity contribution in [2.45, 2.75) is 32.2 Å². The predicted octanol–water partition coefficient (Wildman–Crippen LogP) is 3.73.